The van der Waals surface area contributed by atoms with E-state index in [1.165, 1.54) is 24.3 Å². The Morgan fingerprint density at radius 1 is 0.897 bits per heavy atom. The number of carbonyl (C=O) groups excluding carboxylic acids is 2. The molecule has 0 atom stereocenters. The van der Waals surface area contributed by atoms with Crippen LogP contribution in [0.25, 0.3) is 16.6 Å². The molecule has 4 rings (SSSR count). The van der Waals surface area contributed by atoms with Crippen LogP contribution < -0.4 is 5.32 Å². The highest BCUT2D eigenvalue weighted by Gasteiger charge is 2.25. The number of ketones is 1. The van der Waals surface area contributed by atoms with Crippen LogP contribution in [-0.2, 0) is 4.79 Å². The van der Waals surface area contributed by atoms with E-state index in [1.807, 2.05) is 48.5 Å². The van der Waals surface area contributed by atoms with E-state index in [-0.39, 0.29) is 17.1 Å². The SMILES string of the molecule is O=C(Nc1cccc([N+](=O)[O-])c1)C(=O)c1c(-c2ccccc2)cc2ccccn12. The Balaban J connectivity index is 1.74. The van der Waals surface area contributed by atoms with E-state index in [0.717, 1.165) is 11.1 Å². The quantitative estimate of drug-likeness (QED) is 0.239. The summed E-state index contributed by atoms with van der Waals surface area (Å²) in [6.45, 7) is 0. The lowest BCUT2D eigenvalue weighted by Crippen LogP contribution is -2.24. The topological polar surface area (TPSA) is 93.7 Å². The molecule has 0 bridgehead atoms. The maximum absolute atomic E-state index is 13.1. The summed E-state index contributed by atoms with van der Waals surface area (Å²) in [6, 6.07) is 22.1. The summed E-state index contributed by atoms with van der Waals surface area (Å²) in [5, 5.41) is 13.4. The van der Waals surface area contributed by atoms with E-state index in [9.17, 15) is 19.7 Å². The van der Waals surface area contributed by atoms with Gasteiger partial charge in [-0.05, 0) is 29.8 Å². The number of amides is 1. The van der Waals surface area contributed by atoms with Crippen molar-refractivity contribution in [2.45, 2.75) is 0 Å². The lowest BCUT2D eigenvalue weighted by Gasteiger charge is -2.08. The monoisotopic (exact) mass is 385 g/mol. The number of nitrogens with one attached hydrogen (secondary N) is 1. The number of benzene rings is 2. The zero-order valence-corrected chi connectivity index (χ0v) is 15.1. The molecule has 0 aliphatic heterocycles. The first kappa shape index (κ1) is 18.1. The highest BCUT2D eigenvalue weighted by atomic mass is 16.6. The van der Waals surface area contributed by atoms with E-state index in [1.54, 1.807) is 16.7 Å². The van der Waals surface area contributed by atoms with E-state index < -0.39 is 16.6 Å². The van der Waals surface area contributed by atoms with Crippen LogP contribution in [-0.4, -0.2) is 21.0 Å². The summed E-state index contributed by atoms with van der Waals surface area (Å²) in [6.07, 6.45) is 1.72. The van der Waals surface area contributed by atoms with Crippen LogP contribution in [0.2, 0.25) is 0 Å². The number of nitro benzene ring substituents is 1. The number of non-ortho nitro benzene ring substituents is 1. The van der Waals surface area contributed by atoms with Gasteiger partial charge in [0.2, 0.25) is 0 Å². The second-order valence-electron chi connectivity index (χ2n) is 6.36. The highest BCUT2D eigenvalue weighted by Crippen LogP contribution is 2.28. The molecule has 1 N–H and O–H groups in total. The fraction of sp³-hybridized carbons (Fsp3) is 0. The summed E-state index contributed by atoms with van der Waals surface area (Å²) in [7, 11) is 0. The van der Waals surface area contributed by atoms with Gasteiger partial charge in [0, 0.05) is 35.1 Å². The normalized spacial score (nSPS) is 10.6. The Morgan fingerprint density at radius 2 is 1.66 bits per heavy atom. The van der Waals surface area contributed by atoms with Crippen molar-refractivity contribution >= 4 is 28.6 Å². The molecule has 4 aromatic rings. The molecular formula is C22H15N3O4. The predicted octanol–water partition coefficient (Wildman–Crippen LogP) is 4.34. The first-order valence-electron chi connectivity index (χ1n) is 8.80. The van der Waals surface area contributed by atoms with Gasteiger partial charge in [-0.2, -0.15) is 0 Å². The lowest BCUT2D eigenvalue weighted by atomic mass is 10.0. The molecular weight excluding hydrogens is 370 g/mol. The first-order valence-corrected chi connectivity index (χ1v) is 8.80. The molecule has 7 heteroatoms. The third-order valence-electron chi connectivity index (χ3n) is 4.50. The molecule has 0 radical (unpaired) electrons. The van der Waals surface area contributed by atoms with Gasteiger partial charge < -0.3 is 9.72 Å². The second kappa shape index (κ2) is 7.40. The van der Waals surface area contributed by atoms with Crippen LogP contribution in [0.5, 0.6) is 0 Å². The van der Waals surface area contributed by atoms with Crippen molar-refractivity contribution in [3.8, 4) is 11.1 Å². The number of nitro groups is 1. The van der Waals surface area contributed by atoms with Crippen LogP contribution in [0.15, 0.2) is 85.1 Å². The van der Waals surface area contributed by atoms with Gasteiger partial charge in [-0.3, -0.25) is 19.7 Å². The minimum atomic E-state index is -0.869. The highest BCUT2D eigenvalue weighted by molar-refractivity contribution is 6.47. The zero-order valence-electron chi connectivity index (χ0n) is 15.1. The third-order valence-corrected chi connectivity index (χ3v) is 4.50. The van der Waals surface area contributed by atoms with E-state index in [2.05, 4.69) is 5.32 Å². The van der Waals surface area contributed by atoms with Crippen molar-refractivity contribution in [3.63, 3.8) is 0 Å². The number of anilines is 1. The number of aromatic nitrogens is 1. The summed E-state index contributed by atoms with van der Waals surface area (Å²) in [5.41, 5.74) is 2.46. The van der Waals surface area contributed by atoms with Crippen LogP contribution in [0.4, 0.5) is 11.4 Å². The number of Topliss-reactive ketones (excluding diaryl/α,β-unsaturated/α-hetero) is 1. The van der Waals surface area contributed by atoms with Crippen molar-refractivity contribution in [3.05, 3.63) is 101 Å². The van der Waals surface area contributed by atoms with Gasteiger partial charge in [0.1, 0.15) is 5.69 Å². The Hall–Kier alpha value is -4.26. The van der Waals surface area contributed by atoms with Gasteiger partial charge in [0.25, 0.3) is 17.4 Å². The molecule has 0 aliphatic rings. The molecule has 2 aromatic carbocycles. The van der Waals surface area contributed by atoms with Crippen LogP contribution >= 0.6 is 0 Å². The Labute approximate surface area is 165 Å². The fourth-order valence-electron chi connectivity index (χ4n) is 3.19. The molecule has 2 aromatic heterocycles. The number of nitrogens with zero attached hydrogens (tertiary/aromatic N) is 2. The fourth-order valence-corrected chi connectivity index (χ4v) is 3.19. The number of carbonyl (C=O) groups is 2. The lowest BCUT2D eigenvalue weighted by molar-refractivity contribution is -0.384. The zero-order chi connectivity index (χ0) is 20.4. The van der Waals surface area contributed by atoms with Gasteiger partial charge in [-0.15, -0.1) is 0 Å². The van der Waals surface area contributed by atoms with Crippen LogP contribution in [0.1, 0.15) is 10.5 Å². The van der Waals surface area contributed by atoms with E-state index in [4.69, 9.17) is 0 Å². The molecule has 1 amide bonds. The van der Waals surface area contributed by atoms with Gasteiger partial charge in [-0.25, -0.2) is 0 Å². The predicted molar refractivity (Wildman–Crippen MR) is 109 cm³/mol. The summed E-state index contributed by atoms with van der Waals surface area (Å²) in [5.74, 6) is -1.60. The minimum Gasteiger partial charge on any atom is -0.319 e. The molecule has 29 heavy (non-hydrogen) atoms. The molecule has 7 nitrogen and oxygen atoms in total. The number of hydrogen-bond acceptors (Lipinski definition) is 4. The van der Waals surface area contributed by atoms with Gasteiger partial charge >= 0.3 is 0 Å². The maximum atomic E-state index is 13.1. The van der Waals surface area contributed by atoms with Gasteiger partial charge in [0.05, 0.1) is 4.92 Å². The van der Waals surface area contributed by atoms with Crippen molar-refractivity contribution in [2.75, 3.05) is 5.32 Å². The molecule has 0 unspecified atom stereocenters. The molecule has 0 aliphatic carbocycles. The third kappa shape index (κ3) is 3.49. The van der Waals surface area contributed by atoms with Crippen molar-refractivity contribution in [1.29, 1.82) is 0 Å². The number of rotatable bonds is 5. The molecule has 0 fully saturated rings. The van der Waals surface area contributed by atoms with Crippen molar-refractivity contribution in [2.24, 2.45) is 0 Å². The minimum absolute atomic E-state index is 0.173. The van der Waals surface area contributed by atoms with Gasteiger partial charge in [0.15, 0.2) is 0 Å². The van der Waals surface area contributed by atoms with Gasteiger partial charge in [-0.1, -0.05) is 42.5 Å². The molecule has 142 valence electrons. The Morgan fingerprint density at radius 3 is 2.41 bits per heavy atom. The maximum Gasteiger partial charge on any atom is 0.298 e. The van der Waals surface area contributed by atoms with E-state index in [0.29, 0.717) is 5.56 Å². The largest absolute Gasteiger partial charge is 0.319 e. The molecule has 0 spiro atoms. The summed E-state index contributed by atoms with van der Waals surface area (Å²) >= 11 is 0. The Kier molecular flexibility index (Phi) is 4.62. The molecule has 0 saturated heterocycles. The summed E-state index contributed by atoms with van der Waals surface area (Å²) < 4.78 is 1.66. The number of hydrogen-bond donors (Lipinski definition) is 1. The van der Waals surface area contributed by atoms with Crippen LogP contribution in [0.3, 0.4) is 0 Å². The first-order chi connectivity index (χ1) is 14.0. The van der Waals surface area contributed by atoms with Crippen molar-refractivity contribution < 1.29 is 14.5 Å². The van der Waals surface area contributed by atoms with Crippen molar-refractivity contribution in [1.82, 2.24) is 4.40 Å². The molecule has 0 saturated carbocycles. The number of pyridine rings is 1. The van der Waals surface area contributed by atoms with Crippen LogP contribution in [0, 0.1) is 10.1 Å². The smallest absolute Gasteiger partial charge is 0.298 e. The number of fused-ring (bicyclic) bond motifs is 1. The second-order valence-corrected chi connectivity index (χ2v) is 6.36. The molecule has 2 heterocycles. The van der Waals surface area contributed by atoms with E-state index >= 15 is 0 Å². The standard InChI is InChI=1S/C22H15N3O4/c26-21(22(27)23-16-9-6-11-18(13-16)25(28)29)20-19(15-7-2-1-3-8-15)14-17-10-4-5-12-24(17)20/h1-14H,(H,23,27). The Bertz CT molecular complexity index is 1250. The average Bonchev–Trinajstić information content (AvgIpc) is 3.13. The average molecular weight is 385 g/mol. The summed E-state index contributed by atoms with van der Waals surface area (Å²) in [4.78, 5) is 36.1.